The van der Waals surface area contributed by atoms with E-state index in [1.54, 1.807) is 18.1 Å². The van der Waals surface area contributed by atoms with E-state index in [-0.39, 0.29) is 12.3 Å². The molecule has 1 aliphatic rings. The first-order chi connectivity index (χ1) is 9.70. The van der Waals surface area contributed by atoms with Crippen molar-refractivity contribution in [2.24, 2.45) is 0 Å². The van der Waals surface area contributed by atoms with Gasteiger partial charge in [0, 0.05) is 12.2 Å². The minimum absolute atomic E-state index is 0.151. The topological polar surface area (TPSA) is 99.1 Å². The van der Waals surface area contributed by atoms with Gasteiger partial charge in [-0.1, -0.05) is 6.92 Å². The summed E-state index contributed by atoms with van der Waals surface area (Å²) in [5.41, 5.74) is 6.97. The molecule has 1 aliphatic heterocycles. The van der Waals surface area contributed by atoms with Crippen molar-refractivity contribution in [2.45, 2.75) is 31.8 Å². The van der Waals surface area contributed by atoms with Crippen LogP contribution in [0.5, 0.6) is 0 Å². The largest absolute Gasteiger partial charge is 0.390 e. The third-order valence-corrected chi connectivity index (χ3v) is 4.36. The van der Waals surface area contributed by atoms with Gasteiger partial charge in [-0.3, -0.25) is 4.57 Å². The smallest absolute Gasteiger partial charge is 0.167 e. The fourth-order valence-electron chi connectivity index (χ4n) is 2.35. The van der Waals surface area contributed by atoms with Gasteiger partial charge >= 0.3 is 0 Å². The maximum absolute atomic E-state index is 10.1. The molecule has 8 heteroatoms. The van der Waals surface area contributed by atoms with Gasteiger partial charge in [-0.15, -0.1) is 0 Å². The van der Waals surface area contributed by atoms with Crippen LogP contribution in [0.3, 0.4) is 0 Å². The van der Waals surface area contributed by atoms with Gasteiger partial charge in [0.1, 0.15) is 18.1 Å². The summed E-state index contributed by atoms with van der Waals surface area (Å²) >= 11 is 1.76. The number of hydrogen-bond acceptors (Lipinski definition) is 7. The molecule has 1 saturated heterocycles. The van der Waals surface area contributed by atoms with Crippen molar-refractivity contribution >= 4 is 28.7 Å². The molecule has 3 atom stereocenters. The van der Waals surface area contributed by atoms with Crippen molar-refractivity contribution in [3.63, 3.8) is 0 Å². The summed E-state index contributed by atoms with van der Waals surface area (Å²) in [6, 6.07) is 0. The van der Waals surface area contributed by atoms with E-state index in [4.69, 9.17) is 10.5 Å². The van der Waals surface area contributed by atoms with Crippen LogP contribution in [0.4, 0.5) is 5.82 Å². The number of fused-ring (bicyclic) bond motifs is 1. The van der Waals surface area contributed by atoms with E-state index in [1.165, 1.54) is 6.33 Å². The molecule has 0 aromatic carbocycles. The Morgan fingerprint density at radius 3 is 3.15 bits per heavy atom. The summed E-state index contributed by atoms with van der Waals surface area (Å²) < 4.78 is 7.73. The average molecular weight is 295 g/mol. The Morgan fingerprint density at radius 2 is 2.35 bits per heavy atom. The van der Waals surface area contributed by atoms with Crippen molar-refractivity contribution in [1.82, 2.24) is 19.5 Å². The summed E-state index contributed by atoms with van der Waals surface area (Å²) in [5, 5.41) is 10.1. The monoisotopic (exact) mass is 295 g/mol. The van der Waals surface area contributed by atoms with Gasteiger partial charge in [-0.2, -0.15) is 11.8 Å². The SMILES string of the molecule is CCSC[C@H]1O[C@@H](n2cnc3c(N)ncnc32)C[C@@H]1O. The quantitative estimate of drug-likeness (QED) is 0.861. The lowest BCUT2D eigenvalue weighted by molar-refractivity contribution is -0.00371. The zero-order valence-corrected chi connectivity index (χ0v) is 12.0. The Balaban J connectivity index is 1.84. The van der Waals surface area contributed by atoms with Gasteiger partial charge in [-0.05, 0) is 5.75 Å². The molecule has 0 aliphatic carbocycles. The van der Waals surface area contributed by atoms with E-state index in [0.717, 1.165) is 11.5 Å². The van der Waals surface area contributed by atoms with E-state index < -0.39 is 6.10 Å². The Labute approximate surface area is 120 Å². The molecule has 0 spiro atoms. The lowest BCUT2D eigenvalue weighted by atomic mass is 10.2. The van der Waals surface area contributed by atoms with Crippen LogP contribution in [-0.4, -0.2) is 48.3 Å². The van der Waals surface area contributed by atoms with E-state index in [2.05, 4.69) is 21.9 Å². The van der Waals surface area contributed by atoms with E-state index in [0.29, 0.717) is 23.4 Å². The molecule has 3 rings (SSSR count). The van der Waals surface area contributed by atoms with Crippen molar-refractivity contribution < 1.29 is 9.84 Å². The minimum atomic E-state index is -0.462. The number of aliphatic hydroxyl groups is 1. The summed E-state index contributed by atoms with van der Waals surface area (Å²) in [6.45, 7) is 2.09. The van der Waals surface area contributed by atoms with E-state index >= 15 is 0 Å². The first-order valence-electron chi connectivity index (χ1n) is 6.55. The van der Waals surface area contributed by atoms with Crippen LogP contribution in [0.2, 0.25) is 0 Å². The van der Waals surface area contributed by atoms with Gasteiger partial charge in [0.15, 0.2) is 11.5 Å². The Bertz CT molecular complexity index is 605. The standard InChI is InChI=1S/C12H17N5O2S/c1-2-20-4-8-7(18)3-9(19-8)17-6-16-10-11(13)14-5-15-12(10)17/h5-9,18H,2-4H2,1H3,(H2,13,14,15)/t7-,8+,9+/m0/s1. The van der Waals surface area contributed by atoms with E-state index in [1.807, 2.05) is 4.57 Å². The van der Waals surface area contributed by atoms with Gasteiger partial charge in [-0.25, -0.2) is 15.0 Å². The number of thioether (sulfide) groups is 1. The first kappa shape index (κ1) is 13.6. The Hall–Kier alpha value is -1.38. The van der Waals surface area contributed by atoms with Crippen LogP contribution >= 0.6 is 11.8 Å². The number of rotatable bonds is 4. The van der Waals surface area contributed by atoms with Crippen molar-refractivity contribution in [1.29, 1.82) is 0 Å². The molecule has 0 unspecified atom stereocenters. The number of ether oxygens (including phenoxy) is 1. The third kappa shape index (κ3) is 2.34. The number of imidazole rings is 1. The minimum Gasteiger partial charge on any atom is -0.390 e. The van der Waals surface area contributed by atoms with Crippen LogP contribution in [0.15, 0.2) is 12.7 Å². The second-order valence-electron chi connectivity index (χ2n) is 4.67. The molecule has 108 valence electrons. The molecule has 2 aromatic heterocycles. The second kappa shape index (κ2) is 5.55. The number of nitrogens with zero attached hydrogens (tertiary/aromatic N) is 4. The van der Waals surface area contributed by atoms with Crippen molar-refractivity contribution in [2.75, 3.05) is 17.2 Å². The summed E-state index contributed by atoms with van der Waals surface area (Å²) in [5.74, 6) is 2.15. The van der Waals surface area contributed by atoms with Crippen molar-refractivity contribution in [3.8, 4) is 0 Å². The highest BCUT2D eigenvalue weighted by molar-refractivity contribution is 7.99. The summed E-state index contributed by atoms with van der Waals surface area (Å²) in [4.78, 5) is 12.3. The molecule has 2 aromatic rings. The fourth-order valence-corrected chi connectivity index (χ4v) is 3.12. The lowest BCUT2D eigenvalue weighted by Crippen LogP contribution is -2.23. The van der Waals surface area contributed by atoms with Gasteiger partial charge in [0.05, 0.1) is 18.5 Å². The number of aliphatic hydroxyl groups excluding tert-OH is 1. The maximum Gasteiger partial charge on any atom is 0.167 e. The molecule has 0 bridgehead atoms. The molecule has 20 heavy (non-hydrogen) atoms. The highest BCUT2D eigenvalue weighted by atomic mass is 32.2. The molecule has 7 nitrogen and oxygen atoms in total. The maximum atomic E-state index is 10.1. The molecule has 0 radical (unpaired) electrons. The number of nitrogens with two attached hydrogens (primary N) is 1. The van der Waals surface area contributed by atoms with Crippen molar-refractivity contribution in [3.05, 3.63) is 12.7 Å². The Kier molecular flexibility index (Phi) is 3.77. The number of nitrogen functional groups attached to an aromatic ring is 1. The first-order valence-corrected chi connectivity index (χ1v) is 7.70. The van der Waals surface area contributed by atoms with Gasteiger partial charge < -0.3 is 15.6 Å². The van der Waals surface area contributed by atoms with E-state index in [9.17, 15) is 5.11 Å². The fraction of sp³-hybridized carbons (Fsp3) is 0.583. The third-order valence-electron chi connectivity index (χ3n) is 3.39. The summed E-state index contributed by atoms with van der Waals surface area (Å²) in [7, 11) is 0. The highest BCUT2D eigenvalue weighted by Crippen LogP contribution is 2.32. The van der Waals surface area contributed by atoms with Gasteiger partial charge in [0.2, 0.25) is 0 Å². The highest BCUT2D eigenvalue weighted by Gasteiger charge is 2.35. The molecule has 0 amide bonds. The Morgan fingerprint density at radius 1 is 1.50 bits per heavy atom. The van der Waals surface area contributed by atoms with Crippen LogP contribution < -0.4 is 5.73 Å². The molecule has 1 fully saturated rings. The molecule has 3 N–H and O–H groups in total. The molecule has 0 saturated carbocycles. The number of anilines is 1. The van der Waals surface area contributed by atoms with Crippen LogP contribution in [0, 0.1) is 0 Å². The second-order valence-corrected chi connectivity index (χ2v) is 5.99. The molecule has 3 heterocycles. The average Bonchev–Trinajstić information content (AvgIpc) is 3.01. The number of hydrogen-bond donors (Lipinski definition) is 2. The lowest BCUT2D eigenvalue weighted by Gasteiger charge is -2.15. The molecular formula is C12H17N5O2S. The number of aromatic nitrogens is 4. The normalized spacial score (nSPS) is 26.4. The predicted octanol–water partition coefficient (Wildman–Crippen LogP) is 0.810. The zero-order chi connectivity index (χ0) is 14.1. The summed E-state index contributed by atoms with van der Waals surface area (Å²) in [6.07, 6.45) is 2.71. The zero-order valence-electron chi connectivity index (χ0n) is 11.1. The molecular weight excluding hydrogens is 278 g/mol. The van der Waals surface area contributed by atoms with Crippen LogP contribution in [0.1, 0.15) is 19.6 Å². The predicted molar refractivity (Wildman–Crippen MR) is 77.3 cm³/mol. The van der Waals surface area contributed by atoms with Gasteiger partial charge in [0.25, 0.3) is 0 Å². The van der Waals surface area contributed by atoms with Crippen LogP contribution in [0.25, 0.3) is 11.2 Å². The van der Waals surface area contributed by atoms with Crippen LogP contribution in [-0.2, 0) is 4.74 Å².